The largest absolute Gasteiger partial charge is 0.389 e. The molecule has 0 saturated carbocycles. The molecule has 110 valence electrons. The zero-order valence-corrected chi connectivity index (χ0v) is 12.4. The van der Waals surface area contributed by atoms with Gasteiger partial charge in [-0.15, -0.1) is 0 Å². The molecule has 21 heavy (non-hydrogen) atoms. The van der Waals surface area contributed by atoms with E-state index in [1.807, 2.05) is 24.3 Å². The molecule has 1 atom stereocenters. The second-order valence-corrected chi connectivity index (χ2v) is 5.94. The van der Waals surface area contributed by atoms with E-state index in [1.54, 1.807) is 9.80 Å². The van der Waals surface area contributed by atoms with Crippen molar-refractivity contribution in [2.24, 2.45) is 5.73 Å². The van der Waals surface area contributed by atoms with Crippen LogP contribution in [0.2, 0.25) is 0 Å². The van der Waals surface area contributed by atoms with E-state index in [2.05, 4.69) is 0 Å². The summed E-state index contributed by atoms with van der Waals surface area (Å²) in [7, 11) is 0. The van der Waals surface area contributed by atoms with Crippen molar-refractivity contribution in [3.05, 3.63) is 35.4 Å². The van der Waals surface area contributed by atoms with Gasteiger partial charge in [-0.25, -0.2) is 0 Å². The van der Waals surface area contributed by atoms with Crippen LogP contribution in [0.4, 0.5) is 0 Å². The molecule has 2 amide bonds. The Morgan fingerprint density at radius 2 is 2.19 bits per heavy atom. The lowest BCUT2D eigenvalue weighted by Crippen LogP contribution is -2.56. The van der Waals surface area contributed by atoms with Crippen LogP contribution in [0.15, 0.2) is 24.3 Å². The van der Waals surface area contributed by atoms with E-state index in [4.69, 9.17) is 18.0 Å². The Morgan fingerprint density at radius 3 is 2.95 bits per heavy atom. The molecule has 0 aromatic heterocycles. The van der Waals surface area contributed by atoms with Crippen molar-refractivity contribution in [3.8, 4) is 0 Å². The molecule has 2 heterocycles. The minimum Gasteiger partial charge on any atom is -0.389 e. The molecule has 2 aliphatic heterocycles. The quantitative estimate of drug-likeness (QED) is 0.833. The summed E-state index contributed by atoms with van der Waals surface area (Å²) in [6.07, 6.45) is 1.68. The third kappa shape index (κ3) is 2.63. The molecular weight excluding hydrogens is 286 g/mol. The number of nitrogens with two attached hydrogens (primary N) is 1. The van der Waals surface area contributed by atoms with Crippen LogP contribution in [0.5, 0.6) is 0 Å². The highest BCUT2D eigenvalue weighted by Gasteiger charge is 2.41. The third-order valence-corrected chi connectivity index (χ3v) is 4.32. The zero-order chi connectivity index (χ0) is 15.0. The molecule has 2 fully saturated rings. The van der Waals surface area contributed by atoms with E-state index in [9.17, 15) is 9.59 Å². The predicted molar refractivity (Wildman–Crippen MR) is 82.5 cm³/mol. The van der Waals surface area contributed by atoms with Gasteiger partial charge in [0, 0.05) is 18.7 Å². The SMILES string of the molecule is NC(=S)c1cccc(CN2CC(=O)N3CCCC3C2=O)c1. The van der Waals surface area contributed by atoms with Crippen LogP contribution in [0, 0.1) is 0 Å². The maximum atomic E-state index is 12.5. The van der Waals surface area contributed by atoms with Crippen LogP contribution in [-0.2, 0) is 16.1 Å². The average molecular weight is 303 g/mol. The summed E-state index contributed by atoms with van der Waals surface area (Å²) < 4.78 is 0. The van der Waals surface area contributed by atoms with Gasteiger partial charge in [-0.3, -0.25) is 9.59 Å². The number of amides is 2. The van der Waals surface area contributed by atoms with Gasteiger partial charge in [0.25, 0.3) is 0 Å². The fourth-order valence-corrected chi connectivity index (χ4v) is 3.17. The van der Waals surface area contributed by atoms with Crippen molar-refractivity contribution >= 4 is 29.0 Å². The van der Waals surface area contributed by atoms with Crippen molar-refractivity contribution < 1.29 is 9.59 Å². The number of carbonyl (C=O) groups is 2. The summed E-state index contributed by atoms with van der Waals surface area (Å²) >= 11 is 4.97. The monoisotopic (exact) mass is 303 g/mol. The Morgan fingerprint density at radius 1 is 1.38 bits per heavy atom. The molecule has 0 spiro atoms. The molecule has 5 nitrogen and oxygen atoms in total. The summed E-state index contributed by atoms with van der Waals surface area (Å²) in [5.74, 6) is 0.0930. The number of carbonyl (C=O) groups excluding carboxylic acids is 2. The first-order valence-electron chi connectivity index (χ1n) is 7.03. The van der Waals surface area contributed by atoms with Gasteiger partial charge in [0.15, 0.2) is 0 Å². The Kier molecular flexibility index (Phi) is 3.63. The lowest BCUT2D eigenvalue weighted by atomic mass is 10.1. The first-order valence-corrected chi connectivity index (χ1v) is 7.44. The van der Waals surface area contributed by atoms with Gasteiger partial charge in [-0.05, 0) is 24.5 Å². The molecule has 1 aromatic rings. The second-order valence-electron chi connectivity index (χ2n) is 5.50. The van der Waals surface area contributed by atoms with Crippen molar-refractivity contribution in [1.29, 1.82) is 0 Å². The fourth-order valence-electron chi connectivity index (χ4n) is 3.04. The summed E-state index contributed by atoms with van der Waals surface area (Å²) in [5.41, 5.74) is 7.34. The molecule has 2 aliphatic rings. The van der Waals surface area contributed by atoms with Crippen LogP contribution in [0.25, 0.3) is 0 Å². The topological polar surface area (TPSA) is 66.6 Å². The number of hydrogen-bond acceptors (Lipinski definition) is 3. The minimum atomic E-state index is -0.259. The first kappa shape index (κ1) is 14.0. The standard InChI is InChI=1S/C15H17N3O2S/c16-14(21)11-4-1-3-10(7-11)8-17-9-13(19)18-6-2-5-12(18)15(17)20/h1,3-4,7,12H,2,5-6,8-9H2,(H2,16,21). The highest BCUT2D eigenvalue weighted by atomic mass is 32.1. The van der Waals surface area contributed by atoms with Crippen molar-refractivity contribution in [3.63, 3.8) is 0 Å². The zero-order valence-electron chi connectivity index (χ0n) is 11.6. The molecule has 1 unspecified atom stereocenters. The second kappa shape index (κ2) is 5.44. The van der Waals surface area contributed by atoms with Gasteiger partial charge in [-0.1, -0.05) is 30.4 Å². The number of fused-ring (bicyclic) bond motifs is 1. The van der Waals surface area contributed by atoms with Crippen molar-refractivity contribution in [2.45, 2.75) is 25.4 Å². The number of nitrogens with zero attached hydrogens (tertiary/aromatic N) is 2. The van der Waals surface area contributed by atoms with E-state index < -0.39 is 0 Å². The number of benzene rings is 1. The van der Waals surface area contributed by atoms with Gasteiger partial charge in [0.2, 0.25) is 11.8 Å². The molecule has 0 bridgehead atoms. The molecule has 0 aliphatic carbocycles. The van der Waals surface area contributed by atoms with Crippen LogP contribution < -0.4 is 5.73 Å². The van der Waals surface area contributed by atoms with E-state index in [-0.39, 0.29) is 24.4 Å². The van der Waals surface area contributed by atoms with Crippen molar-refractivity contribution in [2.75, 3.05) is 13.1 Å². The van der Waals surface area contributed by atoms with Gasteiger partial charge in [-0.2, -0.15) is 0 Å². The fraction of sp³-hybridized carbons (Fsp3) is 0.400. The average Bonchev–Trinajstić information content (AvgIpc) is 2.95. The minimum absolute atomic E-state index is 0.0441. The predicted octanol–water partition coefficient (Wildman–Crippen LogP) is 0.654. The molecule has 0 radical (unpaired) electrons. The Labute approximate surface area is 128 Å². The molecule has 3 rings (SSSR count). The first-order chi connectivity index (χ1) is 10.1. The summed E-state index contributed by atoms with van der Waals surface area (Å²) in [6.45, 7) is 1.29. The van der Waals surface area contributed by atoms with Gasteiger partial charge in [0.1, 0.15) is 17.6 Å². The Balaban J connectivity index is 1.78. The lowest BCUT2D eigenvalue weighted by Gasteiger charge is -2.36. The van der Waals surface area contributed by atoms with Gasteiger partial charge >= 0.3 is 0 Å². The normalized spacial score (nSPS) is 21.6. The highest BCUT2D eigenvalue weighted by Crippen LogP contribution is 2.24. The molecule has 2 N–H and O–H groups in total. The van der Waals surface area contributed by atoms with Crippen LogP contribution in [0.3, 0.4) is 0 Å². The summed E-state index contributed by atoms with van der Waals surface area (Å²) in [4.78, 5) is 28.2. The Bertz CT molecular complexity index is 617. The van der Waals surface area contributed by atoms with Crippen LogP contribution >= 0.6 is 12.2 Å². The van der Waals surface area contributed by atoms with E-state index in [1.165, 1.54) is 0 Å². The smallest absolute Gasteiger partial charge is 0.246 e. The maximum Gasteiger partial charge on any atom is 0.246 e. The lowest BCUT2D eigenvalue weighted by molar-refractivity contribution is -0.154. The molecular formula is C15H17N3O2S. The number of piperazine rings is 1. The van der Waals surface area contributed by atoms with E-state index >= 15 is 0 Å². The van der Waals surface area contributed by atoms with Crippen LogP contribution in [0.1, 0.15) is 24.0 Å². The van der Waals surface area contributed by atoms with Gasteiger partial charge < -0.3 is 15.5 Å². The molecule has 2 saturated heterocycles. The highest BCUT2D eigenvalue weighted by molar-refractivity contribution is 7.80. The van der Waals surface area contributed by atoms with Crippen molar-refractivity contribution in [1.82, 2.24) is 9.80 Å². The third-order valence-electron chi connectivity index (χ3n) is 4.08. The van der Waals surface area contributed by atoms with E-state index in [0.29, 0.717) is 18.1 Å². The number of rotatable bonds is 3. The summed E-state index contributed by atoms with van der Waals surface area (Å²) in [6, 6.07) is 7.24. The van der Waals surface area contributed by atoms with Gasteiger partial charge in [0.05, 0.1) is 0 Å². The van der Waals surface area contributed by atoms with Crippen LogP contribution in [-0.4, -0.2) is 45.7 Å². The van der Waals surface area contributed by atoms with E-state index in [0.717, 1.165) is 24.0 Å². The Hall–Kier alpha value is -1.95. The number of hydrogen-bond donors (Lipinski definition) is 1. The molecule has 6 heteroatoms. The summed E-state index contributed by atoms with van der Waals surface area (Å²) in [5, 5.41) is 0. The molecule has 1 aromatic carbocycles. The number of thiocarbonyl (C=S) groups is 1. The maximum absolute atomic E-state index is 12.5.